The van der Waals surface area contributed by atoms with Gasteiger partial charge in [0.2, 0.25) is 0 Å². The quantitative estimate of drug-likeness (QED) is 0.281. The predicted molar refractivity (Wildman–Crippen MR) is 119 cm³/mol. The predicted octanol–water partition coefficient (Wildman–Crippen LogP) is 4.87. The lowest BCUT2D eigenvalue weighted by molar-refractivity contribution is -0.140. The molecule has 0 aromatic heterocycles. The van der Waals surface area contributed by atoms with E-state index in [2.05, 4.69) is 13.0 Å². The Balaban J connectivity index is 1.49. The van der Waals surface area contributed by atoms with Gasteiger partial charge < -0.3 is 14.9 Å². The van der Waals surface area contributed by atoms with Gasteiger partial charge in [0.1, 0.15) is 0 Å². The maximum absolute atomic E-state index is 11.2. The number of hydrogen-bond donors (Lipinski definition) is 2. The van der Waals surface area contributed by atoms with Gasteiger partial charge in [-0.2, -0.15) is 11.8 Å². The minimum atomic E-state index is -0.364. The first-order valence-electron chi connectivity index (χ1n) is 11.8. The van der Waals surface area contributed by atoms with Crippen molar-refractivity contribution >= 4 is 17.7 Å². The van der Waals surface area contributed by atoms with Gasteiger partial charge in [-0.25, -0.2) is 0 Å². The number of hydrogen-bond acceptors (Lipinski definition) is 5. The van der Waals surface area contributed by atoms with E-state index in [-0.39, 0.29) is 29.5 Å². The van der Waals surface area contributed by atoms with E-state index >= 15 is 0 Å². The van der Waals surface area contributed by atoms with Gasteiger partial charge in [-0.05, 0) is 56.3 Å². The molecule has 3 rings (SSSR count). The first-order valence-corrected chi connectivity index (χ1v) is 12.7. The number of carbonyl (C=O) groups excluding carboxylic acids is 1. The van der Waals surface area contributed by atoms with Crippen LogP contribution in [0.25, 0.3) is 0 Å². The normalized spacial score (nSPS) is 34.1. The first-order chi connectivity index (χ1) is 14.0. The third kappa shape index (κ3) is 5.59. The molecular weight excluding hydrogens is 384 g/mol. The molecular formula is C24H40O4S. The zero-order valence-corrected chi connectivity index (χ0v) is 19.0. The number of rotatable bonds is 11. The summed E-state index contributed by atoms with van der Waals surface area (Å²) < 4.78 is 4.71. The molecule has 166 valence electrons. The van der Waals surface area contributed by atoms with Crippen molar-refractivity contribution in [2.24, 2.45) is 17.3 Å². The fourth-order valence-corrected chi connectivity index (χ4v) is 7.60. The summed E-state index contributed by atoms with van der Waals surface area (Å²) in [7, 11) is 1.45. The van der Waals surface area contributed by atoms with Crippen LogP contribution in [-0.2, 0) is 9.53 Å². The Bertz CT molecular complexity index is 559. The smallest absolute Gasteiger partial charge is 0.305 e. The summed E-state index contributed by atoms with van der Waals surface area (Å²) in [6.45, 7) is 2.22. The molecule has 6 atom stereocenters. The summed E-state index contributed by atoms with van der Waals surface area (Å²) in [5.41, 5.74) is 0.0993. The third-order valence-electron chi connectivity index (χ3n) is 7.70. The van der Waals surface area contributed by atoms with Gasteiger partial charge >= 0.3 is 5.97 Å². The molecule has 0 aromatic carbocycles. The van der Waals surface area contributed by atoms with Crippen LogP contribution in [0.2, 0.25) is 0 Å². The lowest BCUT2D eigenvalue weighted by Gasteiger charge is -2.45. The fraction of sp³-hybridized carbons (Fsp3) is 0.875. The van der Waals surface area contributed by atoms with E-state index in [1.54, 1.807) is 0 Å². The van der Waals surface area contributed by atoms with Crippen molar-refractivity contribution in [3.63, 3.8) is 0 Å². The molecule has 1 unspecified atom stereocenters. The molecule has 0 amide bonds. The number of aliphatic hydroxyl groups excluding tert-OH is 2. The van der Waals surface area contributed by atoms with Gasteiger partial charge in [-0.3, -0.25) is 4.79 Å². The molecule has 1 heterocycles. The number of methoxy groups -OCH3 is 1. The van der Waals surface area contributed by atoms with Gasteiger partial charge in [0.05, 0.1) is 19.3 Å². The Morgan fingerprint density at radius 1 is 1.28 bits per heavy atom. The third-order valence-corrected chi connectivity index (χ3v) is 9.40. The zero-order valence-electron chi connectivity index (χ0n) is 18.2. The Morgan fingerprint density at radius 3 is 2.72 bits per heavy atom. The maximum atomic E-state index is 11.2. The molecule has 1 saturated heterocycles. The first kappa shape index (κ1) is 23.1. The molecule has 3 fully saturated rings. The number of unbranched alkanes of at least 4 members (excludes halogenated alkanes) is 2. The highest BCUT2D eigenvalue weighted by atomic mass is 32.2. The molecule has 0 bridgehead atoms. The van der Waals surface area contributed by atoms with Gasteiger partial charge in [-0.1, -0.05) is 44.8 Å². The van der Waals surface area contributed by atoms with Gasteiger partial charge in [0.15, 0.2) is 0 Å². The summed E-state index contributed by atoms with van der Waals surface area (Å²) in [5.74, 6) is 0.596. The number of fused-ring (bicyclic) bond motifs is 1. The molecule has 0 radical (unpaired) electrons. The van der Waals surface area contributed by atoms with Crippen LogP contribution in [-0.4, -0.2) is 46.0 Å². The van der Waals surface area contributed by atoms with Crippen LogP contribution in [0, 0.1) is 17.3 Å². The molecule has 2 N–H and O–H groups in total. The largest absolute Gasteiger partial charge is 0.469 e. The highest BCUT2D eigenvalue weighted by Gasteiger charge is 2.48. The van der Waals surface area contributed by atoms with Crippen LogP contribution < -0.4 is 0 Å². The molecule has 0 aromatic rings. The van der Waals surface area contributed by atoms with Crippen molar-refractivity contribution in [2.45, 2.75) is 107 Å². The molecule has 4 nitrogen and oxygen atoms in total. The lowest BCUT2D eigenvalue weighted by atomic mass is 9.62. The highest BCUT2D eigenvalue weighted by Crippen LogP contribution is 2.53. The Hall–Kier alpha value is -0.520. The van der Waals surface area contributed by atoms with E-state index in [1.807, 2.05) is 17.8 Å². The van der Waals surface area contributed by atoms with Crippen molar-refractivity contribution in [3.05, 3.63) is 12.2 Å². The van der Waals surface area contributed by atoms with Gasteiger partial charge in [0.25, 0.3) is 0 Å². The number of ether oxygens (including phenoxy) is 1. The van der Waals surface area contributed by atoms with E-state index in [4.69, 9.17) is 4.74 Å². The van der Waals surface area contributed by atoms with E-state index < -0.39 is 0 Å². The zero-order chi connectivity index (χ0) is 20.9. The average Bonchev–Trinajstić information content (AvgIpc) is 3.19. The standard InChI is InChI=1S/C24H40O4S/c1-3-4-12-24(13-7-14-24)22(26)11-10-18-19-15-17(29-21(19)16-20(18)25)8-5-6-9-23(27)28-2/h10-11,17-22,25-26H,3-9,12-16H2,1-2H3/t17?,18-,19-,20-,21-,22-/m1/s1. The molecule has 3 aliphatic rings. The topological polar surface area (TPSA) is 66.8 Å². The SMILES string of the molecule is CCCCC1([C@H](O)C=C[C@@H]2[C@H]3CC(CCCCC(=O)OC)S[C@@H]3C[C@H]2O)CCC1. The number of aliphatic hydroxyl groups is 2. The van der Waals surface area contributed by atoms with E-state index in [0.29, 0.717) is 22.8 Å². The molecule has 5 heteroatoms. The number of esters is 1. The van der Waals surface area contributed by atoms with Crippen molar-refractivity contribution in [3.8, 4) is 0 Å². The van der Waals surface area contributed by atoms with Crippen LogP contribution in [0.4, 0.5) is 0 Å². The average molecular weight is 425 g/mol. The minimum absolute atomic E-state index is 0.0993. The van der Waals surface area contributed by atoms with Gasteiger partial charge in [-0.15, -0.1) is 0 Å². The van der Waals surface area contributed by atoms with Crippen LogP contribution in [0.15, 0.2) is 12.2 Å². The Kier molecular flexibility index (Phi) is 8.52. The molecule has 2 aliphatic carbocycles. The Morgan fingerprint density at radius 2 is 2.07 bits per heavy atom. The molecule has 29 heavy (non-hydrogen) atoms. The second kappa shape index (κ2) is 10.7. The molecule has 0 spiro atoms. The van der Waals surface area contributed by atoms with Crippen molar-refractivity contribution in [2.75, 3.05) is 7.11 Å². The van der Waals surface area contributed by atoms with Crippen LogP contribution in [0.3, 0.4) is 0 Å². The van der Waals surface area contributed by atoms with E-state index in [9.17, 15) is 15.0 Å². The second-order valence-electron chi connectivity index (χ2n) is 9.55. The summed E-state index contributed by atoms with van der Waals surface area (Å²) in [6.07, 6.45) is 16.2. The maximum Gasteiger partial charge on any atom is 0.305 e. The molecule has 1 aliphatic heterocycles. The molecule has 2 saturated carbocycles. The van der Waals surface area contributed by atoms with Crippen LogP contribution >= 0.6 is 11.8 Å². The van der Waals surface area contributed by atoms with E-state index in [0.717, 1.165) is 51.4 Å². The Labute approximate surface area is 180 Å². The van der Waals surface area contributed by atoms with E-state index in [1.165, 1.54) is 26.4 Å². The van der Waals surface area contributed by atoms with Crippen LogP contribution in [0.5, 0.6) is 0 Å². The summed E-state index contributed by atoms with van der Waals surface area (Å²) >= 11 is 2.05. The monoisotopic (exact) mass is 424 g/mol. The van der Waals surface area contributed by atoms with Crippen molar-refractivity contribution in [1.29, 1.82) is 0 Å². The summed E-state index contributed by atoms with van der Waals surface area (Å²) in [4.78, 5) is 11.2. The minimum Gasteiger partial charge on any atom is -0.469 e. The number of thioether (sulfide) groups is 1. The summed E-state index contributed by atoms with van der Waals surface area (Å²) in [6, 6.07) is 0. The van der Waals surface area contributed by atoms with Crippen LogP contribution in [0.1, 0.15) is 84.0 Å². The van der Waals surface area contributed by atoms with Crippen molar-refractivity contribution < 1.29 is 19.7 Å². The lowest BCUT2D eigenvalue weighted by Crippen LogP contribution is -2.40. The fourth-order valence-electron chi connectivity index (χ4n) is 5.67. The highest BCUT2D eigenvalue weighted by molar-refractivity contribution is 8.00. The van der Waals surface area contributed by atoms with Gasteiger partial charge in [0, 0.05) is 22.8 Å². The second-order valence-corrected chi connectivity index (χ2v) is 11.1. The van der Waals surface area contributed by atoms with Crippen molar-refractivity contribution in [1.82, 2.24) is 0 Å². The summed E-state index contributed by atoms with van der Waals surface area (Å²) in [5, 5.41) is 22.7. The number of carbonyl (C=O) groups is 1.